The van der Waals surface area contributed by atoms with E-state index in [1.54, 1.807) is 24.5 Å². The van der Waals surface area contributed by atoms with Gasteiger partial charge in [0.1, 0.15) is 11.9 Å². The quantitative estimate of drug-likeness (QED) is 0.692. The maximum absolute atomic E-state index is 12.6. The summed E-state index contributed by atoms with van der Waals surface area (Å²) in [7, 11) is 0. The molecule has 1 aliphatic rings. The van der Waals surface area contributed by atoms with Gasteiger partial charge in [-0.2, -0.15) is 5.26 Å². The standard InChI is InChI=1S/C22H21N5O/c1-15-11-16(2)19-13-18(14-23)21(25-20(19)12-15)26-7-9-27(10-8-26)22(28)17-3-5-24-6-4-17/h3-6,11-13H,7-10H2,1-2H3. The molecule has 1 amide bonds. The predicted molar refractivity (Wildman–Crippen MR) is 108 cm³/mol. The summed E-state index contributed by atoms with van der Waals surface area (Å²) in [5, 5.41) is 10.7. The molecule has 3 aromatic rings. The number of anilines is 1. The van der Waals surface area contributed by atoms with Crippen molar-refractivity contribution in [1.29, 1.82) is 5.26 Å². The molecule has 1 aromatic carbocycles. The largest absolute Gasteiger partial charge is 0.352 e. The monoisotopic (exact) mass is 371 g/mol. The van der Waals surface area contributed by atoms with Gasteiger partial charge in [-0.05, 0) is 49.2 Å². The summed E-state index contributed by atoms with van der Waals surface area (Å²) in [6.07, 6.45) is 3.26. The predicted octanol–water partition coefficient (Wildman–Crippen LogP) is 3.08. The van der Waals surface area contributed by atoms with Crippen molar-refractivity contribution in [3.63, 3.8) is 0 Å². The minimum Gasteiger partial charge on any atom is -0.352 e. The van der Waals surface area contributed by atoms with Gasteiger partial charge in [-0.3, -0.25) is 9.78 Å². The number of nitrogens with zero attached hydrogens (tertiary/aromatic N) is 5. The van der Waals surface area contributed by atoms with Gasteiger partial charge in [0.2, 0.25) is 0 Å². The fourth-order valence-electron chi connectivity index (χ4n) is 3.74. The van der Waals surface area contributed by atoms with Crippen LogP contribution < -0.4 is 4.90 Å². The number of benzene rings is 1. The molecule has 0 N–H and O–H groups in total. The van der Waals surface area contributed by atoms with Crippen molar-refractivity contribution in [2.45, 2.75) is 13.8 Å². The zero-order valence-corrected chi connectivity index (χ0v) is 16.0. The summed E-state index contributed by atoms with van der Waals surface area (Å²) in [5.74, 6) is 0.719. The lowest BCUT2D eigenvalue weighted by molar-refractivity contribution is 0.0746. The number of carbonyl (C=O) groups is 1. The summed E-state index contributed by atoms with van der Waals surface area (Å²) >= 11 is 0. The van der Waals surface area contributed by atoms with Crippen LogP contribution in [0, 0.1) is 25.2 Å². The van der Waals surface area contributed by atoms with Crippen molar-refractivity contribution in [3.8, 4) is 6.07 Å². The Hall–Kier alpha value is -3.46. The SMILES string of the molecule is Cc1cc(C)c2cc(C#N)c(N3CCN(C(=O)c4ccncc4)CC3)nc2c1. The van der Waals surface area contributed by atoms with Gasteiger partial charge >= 0.3 is 0 Å². The third kappa shape index (κ3) is 3.27. The van der Waals surface area contributed by atoms with Crippen LogP contribution in [-0.2, 0) is 0 Å². The van der Waals surface area contributed by atoms with Gasteiger partial charge in [-0.1, -0.05) is 6.07 Å². The van der Waals surface area contributed by atoms with Gasteiger partial charge < -0.3 is 9.80 Å². The smallest absolute Gasteiger partial charge is 0.254 e. The van der Waals surface area contributed by atoms with E-state index in [1.807, 2.05) is 17.9 Å². The van der Waals surface area contributed by atoms with Crippen LogP contribution in [0.1, 0.15) is 27.0 Å². The molecule has 2 aromatic heterocycles. The van der Waals surface area contributed by atoms with E-state index in [9.17, 15) is 10.1 Å². The van der Waals surface area contributed by atoms with Gasteiger partial charge in [0, 0.05) is 49.5 Å². The van der Waals surface area contributed by atoms with Crippen LogP contribution in [0.2, 0.25) is 0 Å². The summed E-state index contributed by atoms with van der Waals surface area (Å²) in [6.45, 7) is 6.58. The number of piperazine rings is 1. The van der Waals surface area contributed by atoms with Gasteiger partial charge in [-0.15, -0.1) is 0 Å². The minimum absolute atomic E-state index is 0.0141. The first-order chi connectivity index (χ1) is 13.6. The molecule has 4 rings (SSSR count). The van der Waals surface area contributed by atoms with Crippen molar-refractivity contribution in [3.05, 3.63) is 65.0 Å². The first-order valence-corrected chi connectivity index (χ1v) is 9.33. The average Bonchev–Trinajstić information content (AvgIpc) is 2.73. The second kappa shape index (κ2) is 7.28. The number of carbonyl (C=O) groups excluding carboxylic acids is 1. The number of pyridine rings is 2. The average molecular weight is 371 g/mol. The van der Waals surface area contributed by atoms with Crippen molar-refractivity contribution in [2.75, 3.05) is 31.1 Å². The molecule has 0 aliphatic carbocycles. The van der Waals surface area contributed by atoms with Gasteiger partial charge in [0.05, 0.1) is 11.1 Å². The lowest BCUT2D eigenvalue weighted by Gasteiger charge is -2.36. The molecular formula is C22H21N5O. The van der Waals surface area contributed by atoms with Crippen LogP contribution in [0.4, 0.5) is 5.82 Å². The zero-order valence-electron chi connectivity index (χ0n) is 16.0. The summed E-state index contributed by atoms with van der Waals surface area (Å²) in [4.78, 5) is 25.3. The van der Waals surface area contributed by atoms with Crippen molar-refractivity contribution in [2.24, 2.45) is 0 Å². The molecule has 0 atom stereocenters. The summed E-state index contributed by atoms with van der Waals surface area (Å²) in [5.41, 5.74) is 4.41. The molecule has 0 saturated carbocycles. The summed E-state index contributed by atoms with van der Waals surface area (Å²) in [6, 6.07) is 11.9. The zero-order chi connectivity index (χ0) is 19.7. The number of amides is 1. The van der Waals surface area contributed by atoms with E-state index in [1.165, 1.54) is 0 Å². The highest BCUT2D eigenvalue weighted by Crippen LogP contribution is 2.27. The summed E-state index contributed by atoms with van der Waals surface area (Å²) < 4.78 is 0. The van der Waals surface area contributed by atoms with Crippen LogP contribution in [0.15, 0.2) is 42.7 Å². The fourth-order valence-corrected chi connectivity index (χ4v) is 3.74. The molecule has 6 heteroatoms. The fraction of sp³-hybridized carbons (Fsp3) is 0.273. The van der Waals surface area contributed by atoms with E-state index in [2.05, 4.69) is 35.0 Å². The normalized spacial score (nSPS) is 14.2. The first kappa shape index (κ1) is 17.9. The molecule has 0 unspecified atom stereocenters. The van der Waals surface area contributed by atoms with Crippen molar-refractivity contribution < 1.29 is 4.79 Å². The number of aryl methyl sites for hydroxylation is 2. The van der Waals surface area contributed by atoms with E-state index in [0.29, 0.717) is 43.1 Å². The number of fused-ring (bicyclic) bond motifs is 1. The molecule has 28 heavy (non-hydrogen) atoms. The molecule has 6 nitrogen and oxygen atoms in total. The third-order valence-corrected chi connectivity index (χ3v) is 5.18. The molecule has 3 heterocycles. The molecular weight excluding hydrogens is 350 g/mol. The Labute approximate surface area is 164 Å². The van der Waals surface area contributed by atoms with Gasteiger partial charge in [0.25, 0.3) is 5.91 Å². The van der Waals surface area contributed by atoms with E-state index in [0.717, 1.165) is 22.0 Å². The molecule has 0 bridgehead atoms. The Kier molecular flexibility index (Phi) is 4.66. The maximum atomic E-state index is 12.6. The Bertz CT molecular complexity index is 1080. The van der Waals surface area contributed by atoms with Crippen LogP contribution in [0.3, 0.4) is 0 Å². The number of nitriles is 1. The highest BCUT2D eigenvalue weighted by molar-refractivity contribution is 5.94. The molecule has 140 valence electrons. The maximum Gasteiger partial charge on any atom is 0.254 e. The second-order valence-corrected chi connectivity index (χ2v) is 7.13. The first-order valence-electron chi connectivity index (χ1n) is 9.33. The van der Waals surface area contributed by atoms with E-state index < -0.39 is 0 Å². The van der Waals surface area contributed by atoms with E-state index in [4.69, 9.17) is 4.98 Å². The minimum atomic E-state index is 0.0141. The number of hydrogen-bond acceptors (Lipinski definition) is 5. The van der Waals surface area contributed by atoms with Gasteiger partial charge in [-0.25, -0.2) is 4.98 Å². The van der Waals surface area contributed by atoms with Crippen molar-refractivity contribution >= 4 is 22.6 Å². The Morgan fingerprint density at radius 3 is 2.46 bits per heavy atom. The molecule has 1 aliphatic heterocycles. The highest BCUT2D eigenvalue weighted by atomic mass is 16.2. The van der Waals surface area contributed by atoms with Gasteiger partial charge in [0.15, 0.2) is 0 Å². The Balaban J connectivity index is 1.58. The molecule has 0 spiro atoms. The molecule has 1 fully saturated rings. The number of hydrogen-bond donors (Lipinski definition) is 0. The van der Waals surface area contributed by atoms with Crippen molar-refractivity contribution in [1.82, 2.24) is 14.9 Å². The van der Waals surface area contributed by atoms with Crippen LogP contribution in [0.5, 0.6) is 0 Å². The lowest BCUT2D eigenvalue weighted by atomic mass is 10.0. The Morgan fingerprint density at radius 2 is 1.79 bits per heavy atom. The molecule has 1 saturated heterocycles. The van der Waals surface area contributed by atoms with E-state index in [-0.39, 0.29) is 5.91 Å². The third-order valence-electron chi connectivity index (χ3n) is 5.18. The number of rotatable bonds is 2. The molecule has 0 radical (unpaired) electrons. The van der Waals surface area contributed by atoms with E-state index >= 15 is 0 Å². The Morgan fingerprint density at radius 1 is 1.07 bits per heavy atom. The highest BCUT2D eigenvalue weighted by Gasteiger charge is 2.24. The second-order valence-electron chi connectivity index (χ2n) is 7.13. The van der Waals surface area contributed by atoms with Crippen LogP contribution >= 0.6 is 0 Å². The number of aromatic nitrogens is 2. The van der Waals surface area contributed by atoms with Crippen LogP contribution in [0.25, 0.3) is 10.9 Å². The lowest BCUT2D eigenvalue weighted by Crippen LogP contribution is -2.49. The topological polar surface area (TPSA) is 73.1 Å². The van der Waals surface area contributed by atoms with Crippen LogP contribution in [-0.4, -0.2) is 47.0 Å².